The van der Waals surface area contributed by atoms with Crippen LogP contribution in [0.15, 0.2) is 65.3 Å². The molecule has 0 saturated carbocycles. The van der Waals surface area contributed by atoms with Gasteiger partial charge >= 0.3 is 0 Å². The van der Waals surface area contributed by atoms with E-state index in [1.807, 2.05) is 37.3 Å². The molecule has 0 radical (unpaired) electrons. The minimum Gasteiger partial charge on any atom is -0.444 e. The Morgan fingerprint density at radius 3 is 2.67 bits per heavy atom. The number of aromatic nitrogens is 1. The van der Waals surface area contributed by atoms with Crippen LogP contribution in [0.1, 0.15) is 18.2 Å². The van der Waals surface area contributed by atoms with Gasteiger partial charge in [-0.05, 0) is 36.8 Å². The van der Waals surface area contributed by atoms with Gasteiger partial charge in [-0.1, -0.05) is 30.3 Å². The Kier molecular flexibility index (Phi) is 6.33. The molecule has 0 saturated heterocycles. The molecule has 0 spiro atoms. The Bertz CT molecular complexity index is 863. The molecular weight excluding hydrogens is 347 g/mol. The van der Waals surface area contributed by atoms with Crippen LogP contribution in [0, 0.1) is 5.82 Å². The van der Waals surface area contributed by atoms with Crippen molar-refractivity contribution in [2.45, 2.75) is 26.0 Å². The van der Waals surface area contributed by atoms with Gasteiger partial charge in [0.05, 0.1) is 25.3 Å². The molecule has 1 heterocycles. The van der Waals surface area contributed by atoms with E-state index in [9.17, 15) is 9.18 Å². The van der Waals surface area contributed by atoms with Crippen LogP contribution < -0.4 is 5.32 Å². The molecular formula is C21H21FN2O3. The van der Waals surface area contributed by atoms with Gasteiger partial charge in [0.25, 0.3) is 0 Å². The van der Waals surface area contributed by atoms with Crippen LogP contribution in [0.25, 0.3) is 11.5 Å². The van der Waals surface area contributed by atoms with E-state index in [4.69, 9.17) is 9.15 Å². The minimum absolute atomic E-state index is 0.138. The number of oxazole rings is 1. The van der Waals surface area contributed by atoms with Crippen molar-refractivity contribution in [2.75, 3.05) is 6.61 Å². The predicted molar refractivity (Wildman–Crippen MR) is 99.3 cm³/mol. The van der Waals surface area contributed by atoms with Crippen molar-refractivity contribution < 1.29 is 18.3 Å². The van der Waals surface area contributed by atoms with E-state index in [-0.39, 0.29) is 24.2 Å². The van der Waals surface area contributed by atoms with Gasteiger partial charge in [0.15, 0.2) is 0 Å². The van der Waals surface area contributed by atoms with E-state index in [0.717, 1.165) is 11.1 Å². The SMILES string of the molecule is CC(COCc1ccc(F)cc1)NC(=O)Cc1coc(-c2ccccc2)n1. The summed E-state index contributed by atoms with van der Waals surface area (Å²) in [4.78, 5) is 16.5. The quantitative estimate of drug-likeness (QED) is 0.658. The maximum absolute atomic E-state index is 12.9. The van der Waals surface area contributed by atoms with Crippen molar-refractivity contribution in [3.05, 3.63) is 77.9 Å². The zero-order valence-corrected chi connectivity index (χ0v) is 15.0. The highest BCUT2D eigenvalue weighted by atomic mass is 19.1. The van der Waals surface area contributed by atoms with Crippen LogP contribution in [0.3, 0.4) is 0 Å². The van der Waals surface area contributed by atoms with E-state index in [0.29, 0.717) is 24.8 Å². The molecule has 5 nitrogen and oxygen atoms in total. The number of amides is 1. The van der Waals surface area contributed by atoms with E-state index < -0.39 is 0 Å². The number of halogens is 1. The van der Waals surface area contributed by atoms with Crippen LogP contribution in [-0.4, -0.2) is 23.5 Å². The lowest BCUT2D eigenvalue weighted by Gasteiger charge is -2.14. The molecule has 2 aromatic carbocycles. The van der Waals surface area contributed by atoms with Gasteiger partial charge in [-0.3, -0.25) is 4.79 Å². The first kappa shape index (κ1) is 18.8. The molecule has 0 aliphatic heterocycles. The van der Waals surface area contributed by atoms with Gasteiger partial charge in [0.1, 0.15) is 12.1 Å². The number of benzene rings is 2. The number of hydrogen-bond donors (Lipinski definition) is 1. The predicted octanol–water partition coefficient (Wildman–Crippen LogP) is 3.74. The Morgan fingerprint density at radius 1 is 1.19 bits per heavy atom. The third-order valence-electron chi connectivity index (χ3n) is 3.87. The van der Waals surface area contributed by atoms with E-state index in [1.165, 1.54) is 18.4 Å². The summed E-state index contributed by atoms with van der Waals surface area (Å²) in [5, 5.41) is 2.87. The van der Waals surface area contributed by atoms with Gasteiger partial charge in [-0.15, -0.1) is 0 Å². The maximum atomic E-state index is 12.9. The zero-order valence-electron chi connectivity index (χ0n) is 15.0. The smallest absolute Gasteiger partial charge is 0.226 e. The van der Waals surface area contributed by atoms with Gasteiger partial charge in [-0.25, -0.2) is 9.37 Å². The van der Waals surface area contributed by atoms with Crippen molar-refractivity contribution >= 4 is 5.91 Å². The fourth-order valence-corrected chi connectivity index (χ4v) is 2.57. The van der Waals surface area contributed by atoms with Gasteiger partial charge in [-0.2, -0.15) is 0 Å². The van der Waals surface area contributed by atoms with Crippen LogP contribution in [0.2, 0.25) is 0 Å². The topological polar surface area (TPSA) is 64.4 Å². The maximum Gasteiger partial charge on any atom is 0.226 e. The summed E-state index contributed by atoms with van der Waals surface area (Å²) in [6, 6.07) is 15.5. The first-order chi connectivity index (χ1) is 13.1. The Balaban J connectivity index is 1.42. The Morgan fingerprint density at radius 2 is 1.93 bits per heavy atom. The number of ether oxygens (including phenoxy) is 1. The van der Waals surface area contributed by atoms with Crippen LogP contribution in [0.4, 0.5) is 4.39 Å². The molecule has 0 bridgehead atoms. The number of hydrogen-bond acceptors (Lipinski definition) is 4. The van der Waals surface area contributed by atoms with Gasteiger partial charge in [0, 0.05) is 11.6 Å². The standard InChI is InChI=1S/C21H21FN2O3/c1-15(12-26-13-16-7-9-18(22)10-8-16)23-20(25)11-19-14-27-21(24-19)17-5-3-2-4-6-17/h2-10,14-15H,11-13H2,1H3,(H,23,25). The third kappa shape index (κ3) is 5.76. The van der Waals surface area contributed by atoms with E-state index in [1.54, 1.807) is 12.1 Å². The summed E-state index contributed by atoms with van der Waals surface area (Å²) in [5.41, 5.74) is 2.32. The monoisotopic (exact) mass is 368 g/mol. The number of rotatable bonds is 8. The molecule has 0 fully saturated rings. The van der Waals surface area contributed by atoms with Gasteiger partial charge < -0.3 is 14.5 Å². The van der Waals surface area contributed by atoms with Crippen molar-refractivity contribution in [3.63, 3.8) is 0 Å². The van der Waals surface area contributed by atoms with Crippen molar-refractivity contribution in [2.24, 2.45) is 0 Å². The van der Waals surface area contributed by atoms with Crippen molar-refractivity contribution in [1.29, 1.82) is 0 Å². The average molecular weight is 368 g/mol. The number of carbonyl (C=O) groups is 1. The molecule has 1 aromatic heterocycles. The lowest BCUT2D eigenvalue weighted by molar-refractivity contribution is -0.121. The number of carbonyl (C=O) groups excluding carboxylic acids is 1. The molecule has 3 aromatic rings. The first-order valence-electron chi connectivity index (χ1n) is 8.71. The van der Waals surface area contributed by atoms with Crippen LogP contribution >= 0.6 is 0 Å². The second-order valence-electron chi connectivity index (χ2n) is 6.30. The summed E-state index contributed by atoms with van der Waals surface area (Å²) in [5.74, 6) is 0.0672. The molecule has 27 heavy (non-hydrogen) atoms. The van der Waals surface area contributed by atoms with E-state index in [2.05, 4.69) is 10.3 Å². The Labute approximate surface area is 157 Å². The molecule has 1 amide bonds. The summed E-state index contributed by atoms with van der Waals surface area (Å²) in [6.45, 7) is 2.59. The molecule has 0 aliphatic rings. The Hall–Kier alpha value is -2.99. The lowest BCUT2D eigenvalue weighted by Crippen LogP contribution is -2.36. The largest absolute Gasteiger partial charge is 0.444 e. The minimum atomic E-state index is -0.275. The van der Waals surface area contributed by atoms with Crippen molar-refractivity contribution in [3.8, 4) is 11.5 Å². The third-order valence-corrected chi connectivity index (χ3v) is 3.87. The van der Waals surface area contributed by atoms with E-state index >= 15 is 0 Å². The molecule has 1 atom stereocenters. The van der Waals surface area contributed by atoms with Crippen LogP contribution in [0.5, 0.6) is 0 Å². The number of nitrogens with one attached hydrogen (secondary N) is 1. The molecule has 140 valence electrons. The fraction of sp³-hybridized carbons (Fsp3) is 0.238. The molecule has 3 rings (SSSR count). The summed E-state index contributed by atoms with van der Waals surface area (Å²) in [7, 11) is 0. The van der Waals surface area contributed by atoms with Crippen LogP contribution in [-0.2, 0) is 22.6 Å². The van der Waals surface area contributed by atoms with Crippen molar-refractivity contribution in [1.82, 2.24) is 10.3 Å². The molecule has 0 aliphatic carbocycles. The molecule has 1 unspecified atom stereocenters. The average Bonchev–Trinajstić information content (AvgIpc) is 3.12. The summed E-state index contributed by atoms with van der Waals surface area (Å²) >= 11 is 0. The first-order valence-corrected chi connectivity index (χ1v) is 8.71. The lowest BCUT2D eigenvalue weighted by atomic mass is 10.2. The summed E-state index contributed by atoms with van der Waals surface area (Å²) in [6.07, 6.45) is 1.64. The molecule has 1 N–H and O–H groups in total. The second-order valence-corrected chi connectivity index (χ2v) is 6.30. The fourth-order valence-electron chi connectivity index (χ4n) is 2.57. The normalized spacial score (nSPS) is 11.9. The number of nitrogens with zero attached hydrogens (tertiary/aromatic N) is 1. The highest BCUT2D eigenvalue weighted by Crippen LogP contribution is 2.18. The summed E-state index contributed by atoms with van der Waals surface area (Å²) < 4.78 is 23.9. The van der Waals surface area contributed by atoms with Gasteiger partial charge in [0.2, 0.25) is 11.8 Å². The highest BCUT2D eigenvalue weighted by molar-refractivity contribution is 5.78. The second kappa shape index (κ2) is 9.09. The molecule has 6 heteroatoms. The highest BCUT2D eigenvalue weighted by Gasteiger charge is 2.12. The zero-order chi connectivity index (χ0) is 19.1.